The molecule has 0 spiro atoms. The highest BCUT2D eigenvalue weighted by atomic mass is 16.2. The minimum absolute atomic E-state index is 0.0731. The molecule has 142 valence electrons. The molecule has 1 N–H and O–H groups in total. The van der Waals surface area contributed by atoms with Crippen molar-refractivity contribution in [3.8, 4) is 0 Å². The van der Waals surface area contributed by atoms with Crippen LogP contribution < -0.4 is 20.8 Å². The highest BCUT2D eigenvalue weighted by molar-refractivity contribution is 5.78. The molecule has 2 aliphatic rings. The Kier molecular flexibility index (Phi) is 4.88. The summed E-state index contributed by atoms with van der Waals surface area (Å²) in [6, 6.07) is 6.49. The number of nitrogens with one attached hydrogen (secondary N) is 1. The maximum atomic E-state index is 13.0. The fourth-order valence-corrected chi connectivity index (χ4v) is 3.81. The second-order valence-corrected chi connectivity index (χ2v) is 7.44. The molecule has 2 aromatic heterocycles. The van der Waals surface area contributed by atoms with Gasteiger partial charge in [0.25, 0.3) is 0 Å². The van der Waals surface area contributed by atoms with Crippen molar-refractivity contribution in [2.75, 3.05) is 36.4 Å². The highest BCUT2D eigenvalue weighted by Crippen LogP contribution is 2.24. The average Bonchev–Trinajstić information content (AvgIpc) is 3.12. The van der Waals surface area contributed by atoms with Gasteiger partial charge in [-0.15, -0.1) is 0 Å². The molecule has 1 saturated heterocycles. The highest BCUT2D eigenvalue weighted by Gasteiger charge is 2.24. The summed E-state index contributed by atoms with van der Waals surface area (Å²) in [4.78, 5) is 21.8. The molecule has 4 rings (SSSR count). The van der Waals surface area contributed by atoms with Gasteiger partial charge in [-0.1, -0.05) is 12.2 Å². The molecule has 2 aromatic rings. The van der Waals surface area contributed by atoms with E-state index in [1.807, 2.05) is 29.4 Å². The Hall–Kier alpha value is -2.76. The lowest BCUT2D eigenvalue weighted by molar-refractivity contribution is 0.195. The van der Waals surface area contributed by atoms with Crippen molar-refractivity contribution in [2.45, 2.75) is 32.7 Å². The minimum atomic E-state index is 0.0731. The van der Waals surface area contributed by atoms with E-state index in [0.29, 0.717) is 19.1 Å². The van der Waals surface area contributed by atoms with E-state index < -0.39 is 0 Å². The van der Waals surface area contributed by atoms with Crippen LogP contribution in [-0.2, 0) is 0 Å². The molecule has 0 unspecified atom stereocenters. The molecule has 0 aromatic carbocycles. The van der Waals surface area contributed by atoms with Crippen LogP contribution in [0, 0.1) is 0 Å². The van der Waals surface area contributed by atoms with Crippen molar-refractivity contribution in [1.29, 1.82) is 0 Å². The van der Waals surface area contributed by atoms with Crippen LogP contribution in [0.4, 0.5) is 16.3 Å². The van der Waals surface area contributed by atoms with Crippen LogP contribution in [0.3, 0.4) is 0 Å². The molecular formula is C21H27N5O. The Morgan fingerprint density at radius 1 is 1.11 bits per heavy atom. The van der Waals surface area contributed by atoms with Gasteiger partial charge in [0.2, 0.25) is 0 Å². The lowest BCUT2D eigenvalue weighted by atomic mass is 10.2. The normalized spacial score (nSPS) is 16.6. The van der Waals surface area contributed by atoms with Gasteiger partial charge in [-0.3, -0.25) is 4.57 Å². The van der Waals surface area contributed by atoms with Gasteiger partial charge in [-0.2, -0.15) is 0 Å². The Bertz CT molecular complexity index is 938. The standard InChI is InChI=1S/C21H27N5O/c1-16(2)23-18-7-5-10-22-20(18)24-12-14-25(15-13-24)21(27)26-11-9-17-6-3-4-8-19(17)26/h5-11,16,23H,3-4,12-15H2,1-2H3. The van der Waals surface area contributed by atoms with Crippen molar-refractivity contribution < 1.29 is 4.79 Å². The Balaban J connectivity index is 1.47. The van der Waals surface area contributed by atoms with E-state index in [1.54, 1.807) is 4.57 Å². The van der Waals surface area contributed by atoms with Gasteiger partial charge >= 0.3 is 6.03 Å². The van der Waals surface area contributed by atoms with Crippen LogP contribution in [0.25, 0.3) is 12.2 Å². The largest absolute Gasteiger partial charge is 0.380 e. The second kappa shape index (κ2) is 7.47. The number of hydrogen-bond acceptors (Lipinski definition) is 4. The van der Waals surface area contributed by atoms with Gasteiger partial charge in [-0.05, 0) is 50.1 Å². The number of nitrogens with zero attached hydrogens (tertiary/aromatic N) is 4. The summed E-state index contributed by atoms with van der Waals surface area (Å²) in [5, 5.41) is 5.68. The lowest BCUT2D eigenvalue weighted by Crippen LogP contribution is -2.52. The van der Waals surface area contributed by atoms with Gasteiger partial charge in [0.1, 0.15) is 0 Å². The molecule has 27 heavy (non-hydrogen) atoms. The van der Waals surface area contributed by atoms with Crippen molar-refractivity contribution in [3.63, 3.8) is 0 Å². The number of amides is 1. The molecule has 0 atom stereocenters. The number of piperazine rings is 1. The van der Waals surface area contributed by atoms with Crippen LogP contribution in [-0.4, -0.2) is 52.7 Å². The Labute approximate surface area is 159 Å². The molecule has 6 nitrogen and oxygen atoms in total. The van der Waals surface area contributed by atoms with E-state index in [2.05, 4.69) is 47.3 Å². The van der Waals surface area contributed by atoms with Crippen LogP contribution in [0.2, 0.25) is 0 Å². The summed E-state index contributed by atoms with van der Waals surface area (Å²) < 4.78 is 1.80. The first-order valence-electron chi connectivity index (χ1n) is 9.77. The maximum Gasteiger partial charge on any atom is 0.328 e. The zero-order valence-corrected chi connectivity index (χ0v) is 16.1. The number of anilines is 2. The Morgan fingerprint density at radius 2 is 1.89 bits per heavy atom. The first-order valence-corrected chi connectivity index (χ1v) is 9.77. The number of fused-ring (bicyclic) bond motifs is 1. The summed E-state index contributed by atoms with van der Waals surface area (Å²) in [5.74, 6) is 0.972. The zero-order valence-electron chi connectivity index (χ0n) is 16.1. The lowest BCUT2D eigenvalue weighted by Gasteiger charge is -2.36. The molecule has 1 aliphatic heterocycles. The summed E-state index contributed by atoms with van der Waals surface area (Å²) >= 11 is 0. The summed E-state index contributed by atoms with van der Waals surface area (Å²) in [5.41, 5.74) is 1.05. The van der Waals surface area contributed by atoms with Crippen LogP contribution in [0.1, 0.15) is 26.7 Å². The van der Waals surface area contributed by atoms with Crippen molar-refractivity contribution in [1.82, 2.24) is 14.5 Å². The minimum Gasteiger partial charge on any atom is -0.380 e. The van der Waals surface area contributed by atoms with Crippen LogP contribution in [0.5, 0.6) is 0 Å². The van der Waals surface area contributed by atoms with E-state index in [-0.39, 0.29) is 6.03 Å². The van der Waals surface area contributed by atoms with Crippen molar-refractivity contribution in [2.24, 2.45) is 0 Å². The van der Waals surface area contributed by atoms with Crippen molar-refractivity contribution >= 4 is 29.7 Å². The fourth-order valence-electron chi connectivity index (χ4n) is 3.81. The third-order valence-corrected chi connectivity index (χ3v) is 5.11. The van der Waals surface area contributed by atoms with Gasteiger partial charge in [0, 0.05) is 44.6 Å². The maximum absolute atomic E-state index is 13.0. The van der Waals surface area contributed by atoms with Crippen LogP contribution in [0.15, 0.2) is 30.6 Å². The fraction of sp³-hybridized carbons (Fsp3) is 0.429. The van der Waals surface area contributed by atoms with E-state index >= 15 is 0 Å². The summed E-state index contributed by atoms with van der Waals surface area (Å²) in [6.45, 7) is 7.23. The second-order valence-electron chi connectivity index (χ2n) is 7.44. The monoisotopic (exact) mass is 365 g/mol. The molecule has 0 radical (unpaired) electrons. The summed E-state index contributed by atoms with van der Waals surface area (Å²) in [7, 11) is 0. The first-order chi connectivity index (χ1) is 13.1. The zero-order chi connectivity index (χ0) is 18.8. The number of pyridine rings is 1. The molecular weight excluding hydrogens is 338 g/mol. The molecule has 0 saturated carbocycles. The number of aromatic nitrogens is 2. The number of carbonyl (C=O) groups excluding carboxylic acids is 1. The predicted octanol–water partition coefficient (Wildman–Crippen LogP) is 1.85. The molecule has 1 fully saturated rings. The third-order valence-electron chi connectivity index (χ3n) is 5.11. The first kappa shape index (κ1) is 17.6. The Morgan fingerprint density at radius 3 is 2.67 bits per heavy atom. The quantitative estimate of drug-likeness (QED) is 0.902. The summed E-state index contributed by atoms with van der Waals surface area (Å²) in [6.07, 6.45) is 10.2. The molecule has 0 bridgehead atoms. The van der Waals surface area contributed by atoms with Gasteiger partial charge in [-0.25, -0.2) is 9.78 Å². The molecule has 3 heterocycles. The van der Waals surface area contributed by atoms with Gasteiger partial charge in [0.05, 0.1) is 11.0 Å². The van der Waals surface area contributed by atoms with E-state index in [4.69, 9.17) is 0 Å². The smallest absolute Gasteiger partial charge is 0.328 e. The molecule has 1 aliphatic carbocycles. The van der Waals surface area contributed by atoms with E-state index in [1.165, 1.54) is 5.22 Å². The molecule has 6 heteroatoms. The predicted molar refractivity (Wildman–Crippen MR) is 109 cm³/mol. The van der Waals surface area contributed by atoms with Crippen LogP contribution >= 0.6 is 0 Å². The van der Waals surface area contributed by atoms with Gasteiger partial charge < -0.3 is 15.1 Å². The topological polar surface area (TPSA) is 53.4 Å². The number of hydrogen-bond donors (Lipinski definition) is 1. The van der Waals surface area contributed by atoms with Crippen molar-refractivity contribution in [3.05, 3.63) is 41.2 Å². The van der Waals surface area contributed by atoms with E-state index in [0.717, 1.165) is 42.8 Å². The number of rotatable bonds is 3. The third kappa shape index (κ3) is 3.56. The van der Waals surface area contributed by atoms with Gasteiger partial charge in [0.15, 0.2) is 5.82 Å². The SMILES string of the molecule is CC(C)Nc1cccnc1N1CCN(C(=O)n2ccc3c2=CCCC=3)CC1. The molecule has 1 amide bonds. The number of carbonyl (C=O) groups is 1. The van der Waals surface area contributed by atoms with E-state index in [9.17, 15) is 4.79 Å². The average molecular weight is 365 g/mol.